The molecule has 0 aliphatic carbocycles. The summed E-state index contributed by atoms with van der Waals surface area (Å²) in [4.78, 5) is 3.96. The number of rotatable bonds is 0. The molecule has 0 saturated heterocycles. The molecule has 9 heavy (non-hydrogen) atoms. The van der Waals surface area contributed by atoms with Crippen molar-refractivity contribution in [3.63, 3.8) is 0 Å². The van der Waals surface area contributed by atoms with Crippen LogP contribution in [0.4, 0.5) is 5.69 Å². The maximum Gasteiger partial charge on any atom is 0.0485 e. The molecule has 1 aromatic heterocycles. The summed E-state index contributed by atoms with van der Waals surface area (Å²) in [6.45, 7) is 1.04. The van der Waals surface area contributed by atoms with E-state index in [0.717, 1.165) is 18.7 Å². The zero-order valence-electron chi connectivity index (χ0n) is 5.02. The monoisotopic (exact) mass is 119 g/mol. The number of hydrogen-bond acceptors (Lipinski definition) is 2. The van der Waals surface area contributed by atoms with Gasteiger partial charge in [-0.1, -0.05) is 0 Å². The highest BCUT2D eigenvalue weighted by atomic mass is 14.9. The van der Waals surface area contributed by atoms with Crippen LogP contribution in [-0.4, -0.2) is 11.5 Å². The van der Waals surface area contributed by atoms with Gasteiger partial charge in [0.1, 0.15) is 0 Å². The van der Waals surface area contributed by atoms with Crippen LogP contribution in [0, 0.1) is 6.07 Å². The van der Waals surface area contributed by atoms with Gasteiger partial charge in [0.05, 0.1) is 0 Å². The molecule has 1 aliphatic heterocycles. The van der Waals surface area contributed by atoms with Crippen molar-refractivity contribution in [1.29, 1.82) is 0 Å². The van der Waals surface area contributed by atoms with Crippen molar-refractivity contribution in [2.24, 2.45) is 0 Å². The Morgan fingerprint density at radius 2 is 2.67 bits per heavy atom. The number of nitrogens with one attached hydrogen (secondary N) is 1. The molecule has 2 rings (SSSR count). The lowest BCUT2D eigenvalue weighted by Crippen LogP contribution is -1.90. The number of fused-ring (bicyclic) bond motifs is 1. The Morgan fingerprint density at radius 1 is 1.67 bits per heavy atom. The Kier molecular flexibility index (Phi) is 0.918. The number of pyridine rings is 1. The fraction of sp³-hybridized carbons (Fsp3) is 0.286. The van der Waals surface area contributed by atoms with Crippen molar-refractivity contribution in [3.05, 3.63) is 24.0 Å². The van der Waals surface area contributed by atoms with E-state index in [9.17, 15) is 0 Å². The molecule has 1 aliphatic rings. The van der Waals surface area contributed by atoms with Crippen LogP contribution in [0.3, 0.4) is 0 Å². The van der Waals surface area contributed by atoms with Crippen LogP contribution in [0.2, 0.25) is 0 Å². The molecule has 1 aromatic rings. The third-order valence-corrected chi connectivity index (χ3v) is 1.53. The minimum absolute atomic E-state index is 1.04. The molecule has 2 nitrogen and oxygen atoms in total. The molecule has 45 valence electrons. The van der Waals surface area contributed by atoms with E-state index in [-0.39, 0.29) is 0 Å². The summed E-state index contributed by atoms with van der Waals surface area (Å²) >= 11 is 0. The maximum atomic E-state index is 3.96. The Labute approximate surface area is 53.9 Å². The first-order chi connectivity index (χ1) is 4.47. The highest BCUT2D eigenvalue weighted by Crippen LogP contribution is 2.18. The van der Waals surface area contributed by atoms with Gasteiger partial charge in [0, 0.05) is 30.7 Å². The maximum absolute atomic E-state index is 3.96. The summed E-state index contributed by atoms with van der Waals surface area (Å²) < 4.78 is 0. The van der Waals surface area contributed by atoms with Crippen LogP contribution in [-0.2, 0) is 6.42 Å². The van der Waals surface area contributed by atoms with Crippen molar-refractivity contribution in [1.82, 2.24) is 4.98 Å². The molecule has 0 spiro atoms. The SMILES string of the molecule is [c]1cncc2c1NCC2. The van der Waals surface area contributed by atoms with Gasteiger partial charge < -0.3 is 5.32 Å². The zero-order chi connectivity index (χ0) is 6.10. The molecular weight excluding hydrogens is 112 g/mol. The fourth-order valence-electron chi connectivity index (χ4n) is 1.06. The summed E-state index contributed by atoms with van der Waals surface area (Å²) in [6, 6.07) is 3.03. The summed E-state index contributed by atoms with van der Waals surface area (Å²) in [5.74, 6) is 0. The molecule has 0 saturated carbocycles. The Balaban J connectivity index is 2.54. The molecule has 2 heterocycles. The van der Waals surface area contributed by atoms with Crippen LogP contribution in [0.15, 0.2) is 12.4 Å². The van der Waals surface area contributed by atoms with Gasteiger partial charge in [0.25, 0.3) is 0 Å². The van der Waals surface area contributed by atoms with Crippen LogP contribution < -0.4 is 5.32 Å². The second-order valence-electron chi connectivity index (χ2n) is 2.13. The fourth-order valence-corrected chi connectivity index (χ4v) is 1.06. The molecule has 1 radical (unpaired) electrons. The number of hydrogen-bond donors (Lipinski definition) is 1. The molecule has 0 fully saturated rings. The molecule has 0 unspecified atom stereocenters. The zero-order valence-corrected chi connectivity index (χ0v) is 5.02. The van der Waals surface area contributed by atoms with Gasteiger partial charge in [-0.25, -0.2) is 0 Å². The normalized spacial score (nSPS) is 14.7. The van der Waals surface area contributed by atoms with E-state index in [1.54, 1.807) is 6.20 Å². The Bertz CT molecular complexity index is 197. The van der Waals surface area contributed by atoms with E-state index in [4.69, 9.17) is 0 Å². The summed E-state index contributed by atoms with van der Waals surface area (Å²) in [5.41, 5.74) is 2.42. The van der Waals surface area contributed by atoms with E-state index in [0.29, 0.717) is 0 Å². The third kappa shape index (κ3) is 0.669. The van der Waals surface area contributed by atoms with Gasteiger partial charge in [0.15, 0.2) is 0 Å². The lowest BCUT2D eigenvalue weighted by molar-refractivity contribution is 1.09. The van der Waals surface area contributed by atoms with E-state index in [2.05, 4.69) is 16.4 Å². The smallest absolute Gasteiger partial charge is 0.0485 e. The molecule has 2 heteroatoms. The minimum Gasteiger partial charge on any atom is -0.384 e. The van der Waals surface area contributed by atoms with Gasteiger partial charge in [-0.2, -0.15) is 0 Å². The topological polar surface area (TPSA) is 24.9 Å². The third-order valence-electron chi connectivity index (χ3n) is 1.53. The Morgan fingerprint density at radius 3 is 3.56 bits per heavy atom. The lowest BCUT2D eigenvalue weighted by atomic mass is 10.2. The molecule has 1 N–H and O–H groups in total. The Hall–Kier alpha value is -1.05. The van der Waals surface area contributed by atoms with Crippen LogP contribution in [0.5, 0.6) is 0 Å². The average molecular weight is 119 g/mol. The summed E-state index contributed by atoms with van der Waals surface area (Å²) in [7, 11) is 0. The number of aromatic nitrogens is 1. The van der Waals surface area contributed by atoms with Gasteiger partial charge >= 0.3 is 0 Å². The van der Waals surface area contributed by atoms with Crippen LogP contribution in [0.25, 0.3) is 0 Å². The average Bonchev–Trinajstić information content (AvgIpc) is 2.33. The predicted molar refractivity (Wildman–Crippen MR) is 35.3 cm³/mol. The highest BCUT2D eigenvalue weighted by Gasteiger charge is 2.07. The molecule has 0 aromatic carbocycles. The molecule has 0 amide bonds. The second kappa shape index (κ2) is 1.72. The van der Waals surface area contributed by atoms with E-state index < -0.39 is 0 Å². The second-order valence-corrected chi connectivity index (χ2v) is 2.13. The van der Waals surface area contributed by atoms with Crippen molar-refractivity contribution >= 4 is 5.69 Å². The quantitative estimate of drug-likeness (QED) is 0.547. The first kappa shape index (κ1) is 4.79. The van der Waals surface area contributed by atoms with E-state index >= 15 is 0 Å². The van der Waals surface area contributed by atoms with E-state index in [1.807, 2.05) is 6.20 Å². The summed E-state index contributed by atoms with van der Waals surface area (Å²) in [5, 5.41) is 3.20. The van der Waals surface area contributed by atoms with Gasteiger partial charge in [-0.3, -0.25) is 4.98 Å². The van der Waals surface area contributed by atoms with Gasteiger partial charge in [-0.15, -0.1) is 0 Å². The predicted octanol–water partition coefficient (Wildman–Crippen LogP) is 0.850. The first-order valence-corrected chi connectivity index (χ1v) is 3.05. The molecule has 0 bridgehead atoms. The van der Waals surface area contributed by atoms with Crippen molar-refractivity contribution in [2.45, 2.75) is 6.42 Å². The van der Waals surface area contributed by atoms with Crippen molar-refractivity contribution in [2.75, 3.05) is 11.9 Å². The van der Waals surface area contributed by atoms with Gasteiger partial charge in [0.2, 0.25) is 0 Å². The highest BCUT2D eigenvalue weighted by molar-refractivity contribution is 5.52. The van der Waals surface area contributed by atoms with E-state index in [1.165, 1.54) is 5.56 Å². The lowest BCUT2D eigenvalue weighted by Gasteiger charge is -1.93. The van der Waals surface area contributed by atoms with Gasteiger partial charge in [-0.05, 0) is 12.0 Å². The number of nitrogens with zero attached hydrogens (tertiary/aromatic N) is 1. The minimum atomic E-state index is 1.04. The van der Waals surface area contributed by atoms with Crippen molar-refractivity contribution in [3.8, 4) is 0 Å². The molecule has 0 atom stereocenters. The standard InChI is InChI=1S/C7H7N2/c1-4-9-7-2-3-8-5-6(1)7/h3,5,9H,1,4H2. The first-order valence-electron chi connectivity index (χ1n) is 3.05. The van der Waals surface area contributed by atoms with Crippen LogP contribution >= 0.6 is 0 Å². The van der Waals surface area contributed by atoms with Crippen LogP contribution in [0.1, 0.15) is 5.56 Å². The molecular formula is C7H7N2. The van der Waals surface area contributed by atoms with Crippen molar-refractivity contribution < 1.29 is 0 Å². The number of anilines is 1. The summed E-state index contributed by atoms with van der Waals surface area (Å²) in [6.07, 6.45) is 4.68. The largest absolute Gasteiger partial charge is 0.384 e.